The zero-order valence-corrected chi connectivity index (χ0v) is 28.8. The Morgan fingerprint density at radius 1 is 0.622 bits per heavy atom. The second-order valence-corrected chi connectivity index (χ2v) is 18.5. The molecule has 0 aliphatic carbocycles. The Hall–Kier alpha value is 0.348. The maximum Gasteiger partial charge on any atom is 0.498 e. The van der Waals surface area contributed by atoms with E-state index in [1.807, 2.05) is 34.2 Å². The van der Waals surface area contributed by atoms with Gasteiger partial charge in [-0.3, -0.25) is 0 Å². The lowest BCUT2D eigenvalue weighted by Gasteiger charge is -2.35. The van der Waals surface area contributed by atoms with Crippen molar-refractivity contribution in [2.24, 2.45) is 11.5 Å². The zero-order valence-electron chi connectivity index (χ0n) is 24.8. The first kappa shape index (κ1) is 41.8. The van der Waals surface area contributed by atoms with Crippen LogP contribution in [0.15, 0.2) is 0 Å². The van der Waals surface area contributed by atoms with E-state index in [4.69, 9.17) is 46.9 Å². The minimum atomic E-state index is -2.85. The second kappa shape index (κ2) is 24.2. The van der Waals surface area contributed by atoms with Gasteiger partial charge in [0.15, 0.2) is 0 Å². The third-order valence-corrected chi connectivity index (χ3v) is 15.3. The van der Waals surface area contributed by atoms with Gasteiger partial charge >= 0.3 is 35.2 Å². The Bertz CT molecular complexity index is 528. The average Bonchev–Trinajstić information content (AvgIpc) is 2.87. The van der Waals surface area contributed by atoms with Gasteiger partial charge in [-0.25, -0.2) is 0 Å². The largest absolute Gasteiger partial charge is 0.498 e. The molecule has 13 nitrogen and oxygen atoms in total. The van der Waals surface area contributed by atoms with Crippen molar-refractivity contribution in [2.45, 2.75) is 65.7 Å². The minimum absolute atomic E-state index is 0. The van der Waals surface area contributed by atoms with E-state index >= 15 is 0 Å². The SMILES string of the molecule is CCO[Si](CCCN)(OCC)O[Si](C)(OC)OC.CCO[Si](O)(CCCN)OCC.CO[Si](C)(O)OC.[HH].[HH].[HH].[HH].[HH].[HH].[HH].[HH].[HH].[HH]. The predicted molar refractivity (Wildman–Crippen MR) is 173 cm³/mol. The van der Waals surface area contributed by atoms with Crippen molar-refractivity contribution < 1.29 is 63.4 Å². The molecule has 0 unspecified atom stereocenters. The first-order valence-corrected chi connectivity index (χ1v) is 21.0. The predicted octanol–water partition coefficient (Wildman–Crippen LogP) is 3.86. The highest BCUT2D eigenvalue weighted by Gasteiger charge is 2.49. The summed E-state index contributed by atoms with van der Waals surface area (Å²) in [5.41, 5.74) is 10.9. The van der Waals surface area contributed by atoms with Gasteiger partial charge < -0.3 is 60.6 Å². The van der Waals surface area contributed by atoms with Crippen LogP contribution in [0.1, 0.15) is 54.8 Å². The third kappa shape index (κ3) is 21.8. The van der Waals surface area contributed by atoms with Crippen LogP contribution in [0.25, 0.3) is 0 Å². The van der Waals surface area contributed by atoms with Crippen molar-refractivity contribution in [1.29, 1.82) is 0 Å². The standard InChI is InChI=1S/C10H27NO5Si2.C7H19NO3Si.C3H10O3Si.10H2/c1-6-14-18(15-7-2,10-8-9-11)16-17(5,12-3)13-4;1-3-10-12(9,11-4-2)7-5-6-8;1-5-7(3,4)6-2;;;;;;;;;;/h6-11H2,1-5H3;9H,3-8H2,1-2H3;4H,1-3H3;10*1H. The highest BCUT2D eigenvalue weighted by Crippen LogP contribution is 2.23. The highest BCUT2D eigenvalue weighted by molar-refractivity contribution is 6.74. The maximum atomic E-state index is 9.78. The molecule has 0 aromatic carbocycles. The van der Waals surface area contributed by atoms with Crippen LogP contribution >= 0.6 is 0 Å². The lowest BCUT2D eigenvalue weighted by molar-refractivity contribution is 0.0684. The van der Waals surface area contributed by atoms with E-state index in [0.29, 0.717) is 51.6 Å². The van der Waals surface area contributed by atoms with Crippen LogP contribution in [0.4, 0.5) is 0 Å². The summed E-state index contributed by atoms with van der Waals surface area (Å²) in [6.07, 6.45) is 1.55. The third-order valence-electron chi connectivity index (χ3n) is 4.69. The molecule has 0 aromatic rings. The first-order valence-electron chi connectivity index (χ1n) is 12.6. The van der Waals surface area contributed by atoms with Crippen LogP contribution in [0.5, 0.6) is 0 Å². The van der Waals surface area contributed by atoms with Gasteiger partial charge in [0.25, 0.3) is 0 Å². The lowest BCUT2D eigenvalue weighted by atomic mass is 10.5. The first-order chi connectivity index (χ1) is 17.3. The molecule has 0 aliphatic heterocycles. The number of rotatable bonds is 20. The molecule has 37 heavy (non-hydrogen) atoms. The Labute approximate surface area is 244 Å². The van der Waals surface area contributed by atoms with Gasteiger partial charge in [0.2, 0.25) is 0 Å². The van der Waals surface area contributed by atoms with Gasteiger partial charge in [-0.05, 0) is 53.6 Å². The van der Waals surface area contributed by atoms with Crippen molar-refractivity contribution in [1.82, 2.24) is 0 Å². The molecule has 0 rings (SSSR count). The summed E-state index contributed by atoms with van der Waals surface area (Å²) in [6.45, 7) is 14.1. The van der Waals surface area contributed by atoms with Crippen LogP contribution < -0.4 is 11.5 Å². The summed E-state index contributed by atoms with van der Waals surface area (Å²) in [6, 6.07) is 1.24. The summed E-state index contributed by atoms with van der Waals surface area (Å²) in [5, 5.41) is 0. The van der Waals surface area contributed by atoms with Gasteiger partial charge in [-0.2, -0.15) is 0 Å². The molecule has 0 radical (unpaired) electrons. The molecule has 0 amide bonds. The molecule has 17 heteroatoms. The van der Waals surface area contributed by atoms with Gasteiger partial charge in [0.1, 0.15) is 0 Å². The van der Waals surface area contributed by atoms with E-state index in [9.17, 15) is 4.80 Å². The average molecular weight is 633 g/mol. The van der Waals surface area contributed by atoms with Crippen molar-refractivity contribution in [2.75, 3.05) is 68.0 Å². The smallest absolute Gasteiger partial charge is 0.390 e. The number of hydrogen-bond acceptors (Lipinski definition) is 13. The van der Waals surface area contributed by atoms with E-state index in [2.05, 4.69) is 8.85 Å². The Morgan fingerprint density at radius 2 is 1.00 bits per heavy atom. The molecule has 0 spiro atoms. The van der Waals surface area contributed by atoms with Crippen LogP contribution in [0.2, 0.25) is 25.2 Å². The van der Waals surface area contributed by atoms with E-state index in [1.54, 1.807) is 20.8 Å². The topological polar surface area (TPSA) is 176 Å². The number of hydrogen-bond donors (Lipinski definition) is 4. The summed E-state index contributed by atoms with van der Waals surface area (Å²) in [7, 11) is -4.94. The highest BCUT2D eigenvalue weighted by atomic mass is 28.5. The van der Waals surface area contributed by atoms with E-state index in [0.717, 1.165) is 12.8 Å². The summed E-state index contributed by atoms with van der Waals surface area (Å²) >= 11 is 0. The van der Waals surface area contributed by atoms with Gasteiger partial charge in [-0.15, -0.1) is 0 Å². The molecule has 0 fully saturated rings. The normalized spacial score (nSPS) is 12.5. The van der Waals surface area contributed by atoms with E-state index in [1.165, 1.54) is 14.2 Å². The fourth-order valence-electron chi connectivity index (χ4n) is 2.55. The fourth-order valence-corrected chi connectivity index (χ4v) is 10.5. The molecule has 0 aliphatic rings. The number of nitrogens with two attached hydrogens (primary N) is 2. The molecule has 248 valence electrons. The minimum Gasteiger partial charge on any atom is -0.390 e. The maximum absolute atomic E-state index is 9.78. The quantitative estimate of drug-likeness (QED) is 0.142. The van der Waals surface area contributed by atoms with Crippen molar-refractivity contribution in [3.05, 3.63) is 0 Å². The molecule has 0 atom stereocenters. The van der Waals surface area contributed by atoms with Crippen molar-refractivity contribution >= 4 is 35.2 Å². The second-order valence-electron chi connectivity index (χ2n) is 7.59. The molecule has 0 bridgehead atoms. The van der Waals surface area contributed by atoms with Crippen LogP contribution in [0, 0.1) is 0 Å². The Kier molecular flexibility index (Phi) is 27.3. The fraction of sp³-hybridized carbons (Fsp3) is 1.00. The zero-order chi connectivity index (χ0) is 29.4. The Morgan fingerprint density at radius 3 is 1.27 bits per heavy atom. The van der Waals surface area contributed by atoms with Crippen molar-refractivity contribution in [3.8, 4) is 0 Å². The lowest BCUT2D eigenvalue weighted by Crippen LogP contribution is -2.56. The summed E-state index contributed by atoms with van der Waals surface area (Å²) in [4.78, 5) is 18.6. The molecule has 0 heterocycles. The molecule has 0 saturated carbocycles. The van der Waals surface area contributed by atoms with Crippen LogP contribution in [0.3, 0.4) is 0 Å². The van der Waals surface area contributed by atoms with E-state index in [-0.39, 0.29) is 14.3 Å². The monoisotopic (exact) mass is 632 g/mol. The Balaban J connectivity index is -0.0000000325. The van der Waals surface area contributed by atoms with Crippen LogP contribution in [-0.2, 0) is 39.5 Å². The van der Waals surface area contributed by atoms with Gasteiger partial charge in [-0.1, -0.05) is 0 Å². The summed E-state index contributed by atoms with van der Waals surface area (Å²) < 4.78 is 47.8. The van der Waals surface area contributed by atoms with Crippen LogP contribution in [-0.4, -0.2) is 113 Å². The molecular formula is C20H76N2O11Si4. The molecule has 6 N–H and O–H groups in total. The summed E-state index contributed by atoms with van der Waals surface area (Å²) in [5.74, 6) is 0. The van der Waals surface area contributed by atoms with Gasteiger partial charge in [0, 0.05) is 94.3 Å². The van der Waals surface area contributed by atoms with Crippen molar-refractivity contribution in [3.63, 3.8) is 0 Å². The molecular weight excluding hydrogens is 557 g/mol. The molecule has 0 aromatic heterocycles. The molecule has 0 saturated heterocycles. The van der Waals surface area contributed by atoms with Gasteiger partial charge in [0.05, 0.1) is 0 Å². The van der Waals surface area contributed by atoms with E-state index < -0.39 is 35.2 Å².